The molecule has 2 N–H and O–H groups in total. The third-order valence-corrected chi connectivity index (χ3v) is 1.31. The second kappa shape index (κ2) is 3.45. The van der Waals surface area contributed by atoms with Crippen LogP contribution in [0.15, 0.2) is 0 Å². The number of nitrogens with one attached hydrogen (secondary N) is 2. The molecule has 0 saturated carbocycles. The number of imide groups is 1. The van der Waals surface area contributed by atoms with Crippen LogP contribution in [0, 0.1) is 0 Å². The molecule has 0 spiro atoms. The monoisotopic (exact) mass is 158 g/mol. The topological polar surface area (TPSA) is 67.4 Å². The third-order valence-electron chi connectivity index (χ3n) is 1.31. The maximum Gasteiger partial charge on any atom is 0.257 e. The molecule has 62 valence electrons. The van der Waals surface area contributed by atoms with E-state index in [-0.39, 0.29) is 11.8 Å². The SMILES string of the molecule is CC(=O)NC(=O)C1CNCO1. The Hall–Kier alpha value is -0.940. The highest BCUT2D eigenvalue weighted by Gasteiger charge is 2.23. The van der Waals surface area contributed by atoms with Crippen LogP contribution in [-0.4, -0.2) is 31.2 Å². The Bertz CT molecular complexity index is 175. The van der Waals surface area contributed by atoms with Crippen molar-refractivity contribution < 1.29 is 14.3 Å². The fourth-order valence-corrected chi connectivity index (χ4v) is 0.831. The predicted molar refractivity (Wildman–Crippen MR) is 36.6 cm³/mol. The van der Waals surface area contributed by atoms with Gasteiger partial charge in [0.2, 0.25) is 5.91 Å². The number of amides is 2. The van der Waals surface area contributed by atoms with E-state index < -0.39 is 6.10 Å². The second-order valence-electron chi connectivity index (χ2n) is 2.30. The molecule has 0 aromatic heterocycles. The van der Waals surface area contributed by atoms with Gasteiger partial charge in [-0.05, 0) is 0 Å². The molecule has 1 fully saturated rings. The highest BCUT2D eigenvalue weighted by atomic mass is 16.5. The largest absolute Gasteiger partial charge is 0.352 e. The summed E-state index contributed by atoms with van der Waals surface area (Å²) in [5.41, 5.74) is 0. The van der Waals surface area contributed by atoms with Gasteiger partial charge < -0.3 is 4.74 Å². The Labute approximate surface area is 64.1 Å². The fraction of sp³-hybridized carbons (Fsp3) is 0.667. The number of carbonyl (C=O) groups excluding carboxylic acids is 2. The summed E-state index contributed by atoms with van der Waals surface area (Å²) < 4.78 is 4.94. The smallest absolute Gasteiger partial charge is 0.257 e. The van der Waals surface area contributed by atoms with Crippen molar-refractivity contribution in [3.05, 3.63) is 0 Å². The Morgan fingerprint density at radius 3 is 2.82 bits per heavy atom. The van der Waals surface area contributed by atoms with Gasteiger partial charge in [0.05, 0.1) is 6.73 Å². The summed E-state index contributed by atoms with van der Waals surface area (Å²) in [6.45, 7) is 2.13. The zero-order valence-corrected chi connectivity index (χ0v) is 6.22. The normalized spacial score (nSPS) is 23.2. The van der Waals surface area contributed by atoms with E-state index in [0.29, 0.717) is 13.3 Å². The lowest BCUT2D eigenvalue weighted by Crippen LogP contribution is -2.39. The molecule has 0 aromatic carbocycles. The number of carbonyl (C=O) groups is 2. The quantitative estimate of drug-likeness (QED) is 0.492. The Morgan fingerprint density at radius 2 is 2.36 bits per heavy atom. The van der Waals surface area contributed by atoms with E-state index in [1.54, 1.807) is 0 Å². The maximum atomic E-state index is 11.0. The van der Waals surface area contributed by atoms with Gasteiger partial charge in [-0.15, -0.1) is 0 Å². The number of hydrogen-bond acceptors (Lipinski definition) is 4. The number of ether oxygens (including phenoxy) is 1. The molecule has 1 saturated heterocycles. The maximum absolute atomic E-state index is 11.0. The van der Waals surface area contributed by atoms with Crippen molar-refractivity contribution in [3.63, 3.8) is 0 Å². The molecule has 0 bridgehead atoms. The summed E-state index contributed by atoms with van der Waals surface area (Å²) in [5, 5.41) is 4.97. The van der Waals surface area contributed by atoms with Crippen molar-refractivity contribution in [2.75, 3.05) is 13.3 Å². The standard InChI is InChI=1S/C6H10N2O3/c1-4(9)8-6(10)5-2-7-3-11-5/h5,7H,2-3H2,1H3,(H,8,9,10). The lowest BCUT2D eigenvalue weighted by Gasteiger charge is -2.05. The van der Waals surface area contributed by atoms with E-state index in [2.05, 4.69) is 10.6 Å². The van der Waals surface area contributed by atoms with E-state index in [0.717, 1.165) is 0 Å². The first kappa shape index (κ1) is 8.16. The Balaban J connectivity index is 2.34. The number of rotatable bonds is 1. The van der Waals surface area contributed by atoms with Crippen LogP contribution < -0.4 is 10.6 Å². The van der Waals surface area contributed by atoms with Gasteiger partial charge in [-0.25, -0.2) is 0 Å². The molecule has 1 aliphatic heterocycles. The lowest BCUT2D eigenvalue weighted by molar-refractivity contribution is -0.135. The van der Waals surface area contributed by atoms with Gasteiger partial charge in [0, 0.05) is 13.5 Å². The van der Waals surface area contributed by atoms with Gasteiger partial charge in [0.1, 0.15) is 0 Å². The average Bonchev–Trinajstić information content (AvgIpc) is 2.35. The minimum Gasteiger partial charge on any atom is -0.352 e. The molecule has 1 rings (SSSR count). The van der Waals surface area contributed by atoms with Gasteiger partial charge in [0.25, 0.3) is 5.91 Å². The molecule has 2 amide bonds. The van der Waals surface area contributed by atoms with Crippen LogP contribution in [0.5, 0.6) is 0 Å². The first-order valence-corrected chi connectivity index (χ1v) is 3.34. The summed E-state index contributed by atoms with van der Waals surface area (Å²) in [5.74, 6) is -0.729. The van der Waals surface area contributed by atoms with E-state index in [4.69, 9.17) is 4.74 Å². The molecule has 11 heavy (non-hydrogen) atoms. The summed E-state index contributed by atoms with van der Waals surface area (Å²) in [6, 6.07) is 0. The van der Waals surface area contributed by atoms with Crippen LogP contribution in [-0.2, 0) is 14.3 Å². The van der Waals surface area contributed by atoms with Crippen molar-refractivity contribution in [1.29, 1.82) is 0 Å². The van der Waals surface area contributed by atoms with Crippen molar-refractivity contribution >= 4 is 11.8 Å². The van der Waals surface area contributed by atoms with Gasteiger partial charge in [0.15, 0.2) is 6.10 Å². The van der Waals surface area contributed by atoms with Crippen molar-refractivity contribution in [1.82, 2.24) is 10.6 Å². The molecule has 5 heteroatoms. The summed E-state index contributed by atoms with van der Waals surface area (Å²) in [7, 11) is 0. The highest BCUT2D eigenvalue weighted by Crippen LogP contribution is 1.95. The van der Waals surface area contributed by atoms with Crippen molar-refractivity contribution in [3.8, 4) is 0 Å². The third kappa shape index (κ3) is 2.28. The summed E-state index contributed by atoms with van der Waals surface area (Å²) in [6.07, 6.45) is -0.515. The van der Waals surface area contributed by atoms with Gasteiger partial charge in [-0.3, -0.25) is 20.2 Å². The van der Waals surface area contributed by atoms with E-state index in [9.17, 15) is 9.59 Å². The summed E-state index contributed by atoms with van der Waals surface area (Å²) >= 11 is 0. The summed E-state index contributed by atoms with van der Waals surface area (Å²) in [4.78, 5) is 21.4. The molecule has 1 unspecified atom stereocenters. The van der Waals surface area contributed by atoms with Gasteiger partial charge >= 0.3 is 0 Å². The van der Waals surface area contributed by atoms with Crippen LogP contribution in [0.2, 0.25) is 0 Å². The Morgan fingerprint density at radius 1 is 1.64 bits per heavy atom. The average molecular weight is 158 g/mol. The van der Waals surface area contributed by atoms with Crippen LogP contribution in [0.4, 0.5) is 0 Å². The first-order valence-electron chi connectivity index (χ1n) is 3.34. The second-order valence-corrected chi connectivity index (χ2v) is 2.30. The molecular weight excluding hydrogens is 148 g/mol. The molecule has 0 radical (unpaired) electrons. The van der Waals surface area contributed by atoms with Gasteiger partial charge in [-0.2, -0.15) is 0 Å². The van der Waals surface area contributed by atoms with Crippen molar-refractivity contribution in [2.45, 2.75) is 13.0 Å². The van der Waals surface area contributed by atoms with E-state index in [1.165, 1.54) is 6.92 Å². The van der Waals surface area contributed by atoms with E-state index in [1.807, 2.05) is 0 Å². The number of hydrogen-bond donors (Lipinski definition) is 2. The Kier molecular flexibility index (Phi) is 2.56. The zero-order chi connectivity index (χ0) is 8.27. The fourth-order valence-electron chi connectivity index (χ4n) is 0.831. The van der Waals surface area contributed by atoms with Crippen molar-refractivity contribution in [2.24, 2.45) is 0 Å². The first-order chi connectivity index (χ1) is 5.20. The zero-order valence-electron chi connectivity index (χ0n) is 6.22. The minimum atomic E-state index is -0.515. The molecule has 1 atom stereocenters. The lowest BCUT2D eigenvalue weighted by atomic mass is 10.3. The van der Waals surface area contributed by atoms with Crippen LogP contribution in [0.1, 0.15) is 6.92 Å². The predicted octanol–water partition coefficient (Wildman–Crippen LogP) is -1.40. The van der Waals surface area contributed by atoms with Gasteiger partial charge in [-0.1, -0.05) is 0 Å². The molecular formula is C6H10N2O3. The molecule has 0 aliphatic carbocycles. The molecule has 5 nitrogen and oxygen atoms in total. The van der Waals surface area contributed by atoms with E-state index >= 15 is 0 Å². The molecule has 1 heterocycles. The molecule has 1 aliphatic rings. The van der Waals surface area contributed by atoms with Crippen LogP contribution in [0.25, 0.3) is 0 Å². The molecule has 0 aromatic rings. The minimum absolute atomic E-state index is 0.356. The highest BCUT2D eigenvalue weighted by molar-refractivity contribution is 5.96. The van der Waals surface area contributed by atoms with Crippen LogP contribution >= 0.6 is 0 Å². The van der Waals surface area contributed by atoms with Crippen LogP contribution in [0.3, 0.4) is 0 Å².